The highest BCUT2D eigenvalue weighted by Gasteiger charge is 2.19. The molecular weight excluding hydrogens is 196 g/mol. The average Bonchev–Trinajstić information content (AvgIpc) is 2.15. The first kappa shape index (κ1) is 12.1. The van der Waals surface area contributed by atoms with Crippen molar-refractivity contribution in [3.05, 3.63) is 35.1 Å². The average molecular weight is 213 g/mol. The van der Waals surface area contributed by atoms with Gasteiger partial charge in [-0.3, -0.25) is 0 Å². The molecule has 0 unspecified atom stereocenters. The minimum atomic E-state index is -1.41. The topological polar surface area (TPSA) is 12.0 Å². The van der Waals surface area contributed by atoms with Crippen LogP contribution in [0.5, 0.6) is 0 Å². The first-order chi connectivity index (χ1) is 6.95. The molecule has 1 nitrogen and oxygen atoms in total. The van der Waals surface area contributed by atoms with Gasteiger partial charge in [0.2, 0.25) is 0 Å². The Kier molecular flexibility index (Phi) is 3.80. The number of hydrogen-bond donors (Lipinski definition) is 1. The highest BCUT2D eigenvalue weighted by Crippen LogP contribution is 2.26. The zero-order valence-corrected chi connectivity index (χ0v) is 9.40. The zero-order chi connectivity index (χ0) is 11.5. The van der Waals surface area contributed by atoms with E-state index in [2.05, 4.69) is 5.32 Å². The lowest BCUT2D eigenvalue weighted by molar-refractivity contribution is 0.221. The normalized spacial score (nSPS) is 11.8. The third-order valence-corrected chi connectivity index (χ3v) is 2.38. The van der Waals surface area contributed by atoms with Gasteiger partial charge in [-0.15, -0.1) is 0 Å². The van der Waals surface area contributed by atoms with Crippen molar-refractivity contribution in [3.63, 3.8) is 0 Å². The molecule has 1 rings (SSSR count). The summed E-state index contributed by atoms with van der Waals surface area (Å²) < 4.78 is 26.9. The third kappa shape index (κ3) is 3.27. The van der Waals surface area contributed by atoms with Crippen LogP contribution in [-0.2, 0) is 12.1 Å². The molecule has 3 heteroatoms. The van der Waals surface area contributed by atoms with Crippen molar-refractivity contribution in [2.45, 2.75) is 25.9 Å². The smallest absolute Gasteiger partial charge is 0.130 e. The number of nitrogens with one attached hydrogen (secondary N) is 1. The summed E-state index contributed by atoms with van der Waals surface area (Å²) in [4.78, 5) is 0. The molecule has 1 N–H and O–H groups in total. The van der Waals surface area contributed by atoms with Gasteiger partial charge in [0.25, 0.3) is 0 Å². The molecule has 0 aliphatic rings. The first-order valence-electron chi connectivity index (χ1n) is 5.07. The predicted octanol–water partition coefficient (Wildman–Crippen LogP) is 2.79. The van der Waals surface area contributed by atoms with Gasteiger partial charge >= 0.3 is 0 Å². The summed E-state index contributed by atoms with van der Waals surface area (Å²) in [6.07, 6.45) is 0.576. The van der Waals surface area contributed by atoms with Crippen molar-refractivity contribution in [2.75, 3.05) is 13.6 Å². The molecular formula is C12H17F2N. The van der Waals surface area contributed by atoms with Crippen LogP contribution in [0, 0.1) is 5.82 Å². The fourth-order valence-corrected chi connectivity index (χ4v) is 1.40. The highest BCUT2D eigenvalue weighted by molar-refractivity contribution is 5.29. The Hall–Kier alpha value is -0.960. The maximum absolute atomic E-state index is 13.6. The van der Waals surface area contributed by atoms with Gasteiger partial charge in [0.05, 0.1) is 0 Å². The molecule has 0 saturated heterocycles. The Morgan fingerprint density at radius 2 is 2.00 bits per heavy atom. The molecule has 0 amide bonds. The summed E-state index contributed by atoms with van der Waals surface area (Å²) >= 11 is 0. The van der Waals surface area contributed by atoms with Crippen LogP contribution in [-0.4, -0.2) is 13.6 Å². The molecule has 0 heterocycles. The highest BCUT2D eigenvalue weighted by atomic mass is 19.1. The number of likely N-dealkylation sites (N-methyl/N-ethyl adjacent to an activating group) is 1. The van der Waals surface area contributed by atoms with E-state index in [0.29, 0.717) is 24.1 Å². The standard InChI is InChI=1S/C12H17F2N/c1-12(2,14)10-4-5-11(13)9(8-10)6-7-15-3/h4-5,8,15H,6-7H2,1-3H3. The van der Waals surface area contributed by atoms with E-state index in [9.17, 15) is 8.78 Å². The van der Waals surface area contributed by atoms with Crippen LogP contribution in [0.4, 0.5) is 8.78 Å². The van der Waals surface area contributed by atoms with Gasteiger partial charge in [0.1, 0.15) is 11.5 Å². The second-order valence-corrected chi connectivity index (χ2v) is 4.13. The van der Waals surface area contributed by atoms with Crippen LogP contribution < -0.4 is 5.32 Å². The predicted molar refractivity (Wildman–Crippen MR) is 58.2 cm³/mol. The third-order valence-electron chi connectivity index (χ3n) is 2.38. The lowest BCUT2D eigenvalue weighted by Gasteiger charge is -2.16. The molecule has 0 spiro atoms. The van der Waals surface area contributed by atoms with Crippen molar-refractivity contribution >= 4 is 0 Å². The monoisotopic (exact) mass is 213 g/mol. The fourth-order valence-electron chi connectivity index (χ4n) is 1.40. The van der Waals surface area contributed by atoms with Crippen LogP contribution in [0.25, 0.3) is 0 Å². The van der Waals surface area contributed by atoms with E-state index in [1.165, 1.54) is 26.0 Å². The summed E-state index contributed by atoms with van der Waals surface area (Å²) in [6, 6.07) is 4.44. The van der Waals surface area contributed by atoms with Crippen molar-refractivity contribution in [1.82, 2.24) is 5.32 Å². The number of alkyl halides is 1. The van der Waals surface area contributed by atoms with E-state index in [4.69, 9.17) is 0 Å². The minimum absolute atomic E-state index is 0.266. The number of benzene rings is 1. The molecule has 0 atom stereocenters. The number of hydrogen-bond acceptors (Lipinski definition) is 1. The van der Waals surface area contributed by atoms with Crippen LogP contribution in [0.15, 0.2) is 18.2 Å². The lowest BCUT2D eigenvalue weighted by atomic mass is 9.97. The SMILES string of the molecule is CNCCc1cc(C(C)(C)F)ccc1F. The van der Waals surface area contributed by atoms with E-state index in [0.717, 1.165) is 0 Å². The van der Waals surface area contributed by atoms with Crippen LogP contribution in [0.3, 0.4) is 0 Å². The van der Waals surface area contributed by atoms with Crippen molar-refractivity contribution in [2.24, 2.45) is 0 Å². The molecule has 0 radical (unpaired) electrons. The summed E-state index contributed by atoms with van der Waals surface area (Å²) in [6.45, 7) is 3.64. The number of rotatable bonds is 4. The van der Waals surface area contributed by atoms with Gasteiger partial charge in [-0.2, -0.15) is 0 Å². The van der Waals surface area contributed by atoms with Gasteiger partial charge < -0.3 is 5.32 Å². The quantitative estimate of drug-likeness (QED) is 0.811. The first-order valence-corrected chi connectivity index (χ1v) is 5.07. The second kappa shape index (κ2) is 4.71. The molecule has 0 bridgehead atoms. The Labute approximate surface area is 89.5 Å². The van der Waals surface area contributed by atoms with Crippen LogP contribution in [0.2, 0.25) is 0 Å². The van der Waals surface area contributed by atoms with Crippen LogP contribution in [0.1, 0.15) is 25.0 Å². The molecule has 0 aliphatic heterocycles. The largest absolute Gasteiger partial charge is 0.319 e. The van der Waals surface area contributed by atoms with E-state index in [1.54, 1.807) is 13.1 Å². The molecule has 1 aromatic carbocycles. The maximum atomic E-state index is 13.6. The van der Waals surface area contributed by atoms with Crippen molar-refractivity contribution in [3.8, 4) is 0 Å². The van der Waals surface area contributed by atoms with Gasteiger partial charge in [-0.1, -0.05) is 6.07 Å². The van der Waals surface area contributed by atoms with Crippen molar-refractivity contribution in [1.29, 1.82) is 0 Å². The summed E-state index contributed by atoms with van der Waals surface area (Å²) in [5, 5.41) is 2.94. The Bertz CT molecular complexity index is 329. The molecule has 0 aromatic heterocycles. The molecule has 0 aliphatic carbocycles. The minimum Gasteiger partial charge on any atom is -0.319 e. The van der Waals surface area contributed by atoms with Gasteiger partial charge in [0, 0.05) is 0 Å². The molecule has 15 heavy (non-hydrogen) atoms. The Morgan fingerprint density at radius 1 is 1.33 bits per heavy atom. The van der Waals surface area contributed by atoms with Crippen molar-refractivity contribution < 1.29 is 8.78 Å². The molecule has 1 aromatic rings. The maximum Gasteiger partial charge on any atom is 0.130 e. The van der Waals surface area contributed by atoms with Crippen LogP contribution >= 0.6 is 0 Å². The summed E-state index contributed by atoms with van der Waals surface area (Å²) in [5.74, 6) is -0.266. The molecule has 0 saturated carbocycles. The van der Waals surface area contributed by atoms with E-state index < -0.39 is 5.67 Å². The van der Waals surface area contributed by atoms with E-state index in [-0.39, 0.29) is 5.82 Å². The summed E-state index contributed by atoms with van der Waals surface area (Å²) in [5.41, 5.74) is -0.329. The van der Waals surface area contributed by atoms with Gasteiger partial charge in [0.15, 0.2) is 0 Å². The molecule has 0 fully saturated rings. The second-order valence-electron chi connectivity index (χ2n) is 4.13. The summed E-state index contributed by atoms with van der Waals surface area (Å²) in [7, 11) is 1.81. The fraction of sp³-hybridized carbons (Fsp3) is 0.500. The van der Waals surface area contributed by atoms with E-state index in [1.807, 2.05) is 0 Å². The zero-order valence-electron chi connectivity index (χ0n) is 9.40. The molecule has 84 valence electrons. The lowest BCUT2D eigenvalue weighted by Crippen LogP contribution is -2.13. The Balaban J connectivity index is 2.95. The van der Waals surface area contributed by atoms with Gasteiger partial charge in [-0.25, -0.2) is 8.78 Å². The Morgan fingerprint density at radius 3 is 2.53 bits per heavy atom. The van der Waals surface area contributed by atoms with E-state index >= 15 is 0 Å². The van der Waals surface area contributed by atoms with Gasteiger partial charge in [-0.05, 0) is 57.1 Å². The number of halogens is 2.